The number of carbonyl (C=O) groups excluding carboxylic acids is 1. The van der Waals surface area contributed by atoms with Gasteiger partial charge < -0.3 is 14.6 Å². The highest BCUT2D eigenvalue weighted by Gasteiger charge is 2.12. The first kappa shape index (κ1) is 18.2. The SMILES string of the molecule is COc1cccc(-c2noc(CCC(=O)Nc3cc(Cl)ccc3Cl)n2)c1. The predicted octanol–water partition coefficient (Wildman–Crippen LogP) is 4.62. The van der Waals surface area contributed by atoms with E-state index in [1.54, 1.807) is 25.3 Å². The number of amides is 1. The molecular weight excluding hydrogens is 377 g/mol. The molecule has 134 valence electrons. The number of rotatable bonds is 6. The average Bonchev–Trinajstić information content (AvgIpc) is 3.12. The van der Waals surface area contributed by atoms with Crippen molar-refractivity contribution in [3.8, 4) is 17.1 Å². The van der Waals surface area contributed by atoms with E-state index < -0.39 is 0 Å². The van der Waals surface area contributed by atoms with Gasteiger partial charge in [-0.05, 0) is 30.3 Å². The summed E-state index contributed by atoms with van der Waals surface area (Å²) in [5.74, 6) is 1.29. The van der Waals surface area contributed by atoms with Crippen LogP contribution in [0.2, 0.25) is 10.0 Å². The van der Waals surface area contributed by atoms with Crippen LogP contribution in [0, 0.1) is 0 Å². The van der Waals surface area contributed by atoms with Crippen LogP contribution in [0.3, 0.4) is 0 Å². The Kier molecular flexibility index (Phi) is 5.75. The first-order valence-corrected chi connectivity index (χ1v) is 8.52. The highest BCUT2D eigenvalue weighted by Crippen LogP contribution is 2.26. The number of anilines is 1. The van der Waals surface area contributed by atoms with Crippen LogP contribution in [0.25, 0.3) is 11.4 Å². The van der Waals surface area contributed by atoms with E-state index in [0.29, 0.717) is 39.6 Å². The molecule has 2 aromatic carbocycles. The third kappa shape index (κ3) is 4.53. The number of benzene rings is 2. The Labute approximate surface area is 160 Å². The third-order valence-corrected chi connectivity index (χ3v) is 4.13. The van der Waals surface area contributed by atoms with E-state index in [-0.39, 0.29) is 12.3 Å². The summed E-state index contributed by atoms with van der Waals surface area (Å²) >= 11 is 11.9. The molecule has 0 unspecified atom stereocenters. The number of ether oxygens (including phenoxy) is 1. The number of methoxy groups -OCH3 is 1. The second-order valence-corrected chi connectivity index (χ2v) is 6.26. The fraction of sp³-hybridized carbons (Fsp3) is 0.167. The molecule has 1 amide bonds. The lowest BCUT2D eigenvalue weighted by atomic mass is 10.2. The van der Waals surface area contributed by atoms with Gasteiger partial charge in [0.2, 0.25) is 17.6 Å². The molecule has 0 aliphatic rings. The number of halogens is 2. The molecule has 1 aromatic heterocycles. The zero-order chi connectivity index (χ0) is 18.5. The van der Waals surface area contributed by atoms with Crippen LogP contribution in [-0.4, -0.2) is 23.2 Å². The maximum absolute atomic E-state index is 12.1. The summed E-state index contributed by atoms with van der Waals surface area (Å²) in [5.41, 5.74) is 1.24. The standard InChI is InChI=1S/C18H15Cl2N3O3/c1-25-13-4-2-3-11(9-13)18-22-17(26-23-18)8-7-16(24)21-15-10-12(19)5-6-14(15)20/h2-6,9-10H,7-8H2,1H3,(H,21,24). The average molecular weight is 392 g/mol. The Morgan fingerprint density at radius 1 is 1.23 bits per heavy atom. The van der Waals surface area contributed by atoms with Crippen LogP contribution >= 0.6 is 23.2 Å². The Bertz CT molecular complexity index is 928. The van der Waals surface area contributed by atoms with Crippen LogP contribution in [0.15, 0.2) is 47.0 Å². The quantitative estimate of drug-likeness (QED) is 0.662. The first-order chi connectivity index (χ1) is 12.5. The lowest BCUT2D eigenvalue weighted by molar-refractivity contribution is -0.116. The molecule has 0 radical (unpaired) electrons. The molecule has 1 heterocycles. The summed E-state index contributed by atoms with van der Waals surface area (Å²) in [6.07, 6.45) is 0.476. The van der Waals surface area contributed by atoms with E-state index in [4.69, 9.17) is 32.5 Å². The van der Waals surface area contributed by atoms with Crippen molar-refractivity contribution in [2.24, 2.45) is 0 Å². The summed E-state index contributed by atoms with van der Waals surface area (Å²) < 4.78 is 10.4. The van der Waals surface area contributed by atoms with Gasteiger partial charge in [-0.1, -0.05) is 40.5 Å². The van der Waals surface area contributed by atoms with Gasteiger partial charge in [0.15, 0.2) is 0 Å². The number of carbonyl (C=O) groups is 1. The Balaban J connectivity index is 1.61. The highest BCUT2D eigenvalue weighted by atomic mass is 35.5. The van der Waals surface area contributed by atoms with E-state index in [1.807, 2.05) is 24.3 Å². The second kappa shape index (κ2) is 8.21. The van der Waals surface area contributed by atoms with E-state index in [0.717, 1.165) is 5.56 Å². The van der Waals surface area contributed by atoms with Crippen molar-refractivity contribution >= 4 is 34.8 Å². The van der Waals surface area contributed by atoms with Gasteiger partial charge in [0.05, 0.1) is 17.8 Å². The van der Waals surface area contributed by atoms with Crippen molar-refractivity contribution in [1.82, 2.24) is 10.1 Å². The van der Waals surface area contributed by atoms with E-state index in [2.05, 4.69) is 15.5 Å². The first-order valence-electron chi connectivity index (χ1n) is 7.77. The van der Waals surface area contributed by atoms with Crippen molar-refractivity contribution in [2.45, 2.75) is 12.8 Å². The number of aromatic nitrogens is 2. The third-order valence-electron chi connectivity index (χ3n) is 3.56. The summed E-state index contributed by atoms with van der Waals surface area (Å²) in [7, 11) is 1.59. The van der Waals surface area contributed by atoms with Crippen molar-refractivity contribution in [3.05, 3.63) is 58.4 Å². The predicted molar refractivity (Wildman–Crippen MR) is 99.7 cm³/mol. The number of aryl methyl sites for hydroxylation is 1. The topological polar surface area (TPSA) is 77.2 Å². The second-order valence-electron chi connectivity index (χ2n) is 5.42. The van der Waals surface area contributed by atoms with Gasteiger partial charge in [0.1, 0.15) is 5.75 Å². The molecule has 1 N–H and O–H groups in total. The van der Waals surface area contributed by atoms with E-state index in [9.17, 15) is 4.79 Å². The number of nitrogens with zero attached hydrogens (tertiary/aromatic N) is 2. The molecule has 0 saturated carbocycles. The van der Waals surface area contributed by atoms with Crippen LogP contribution in [0.1, 0.15) is 12.3 Å². The molecule has 0 aliphatic heterocycles. The minimum atomic E-state index is -0.227. The largest absolute Gasteiger partial charge is 0.497 e. The number of hydrogen-bond donors (Lipinski definition) is 1. The van der Waals surface area contributed by atoms with Crippen LogP contribution in [0.5, 0.6) is 5.75 Å². The summed E-state index contributed by atoms with van der Waals surface area (Å²) in [6, 6.07) is 12.2. The van der Waals surface area contributed by atoms with Gasteiger partial charge in [-0.2, -0.15) is 4.98 Å². The lowest BCUT2D eigenvalue weighted by Gasteiger charge is -2.06. The fourth-order valence-corrected chi connectivity index (χ4v) is 2.60. The van der Waals surface area contributed by atoms with Crippen molar-refractivity contribution in [3.63, 3.8) is 0 Å². The molecule has 0 saturated heterocycles. The number of nitrogens with one attached hydrogen (secondary N) is 1. The van der Waals surface area contributed by atoms with Gasteiger partial charge in [0.25, 0.3) is 0 Å². The molecule has 0 atom stereocenters. The Morgan fingerprint density at radius 3 is 2.88 bits per heavy atom. The molecule has 26 heavy (non-hydrogen) atoms. The van der Waals surface area contributed by atoms with Crippen LogP contribution < -0.4 is 10.1 Å². The zero-order valence-corrected chi connectivity index (χ0v) is 15.3. The molecule has 0 bridgehead atoms. The summed E-state index contributed by atoms with van der Waals surface area (Å²) in [4.78, 5) is 16.4. The van der Waals surface area contributed by atoms with Gasteiger partial charge >= 0.3 is 0 Å². The molecule has 6 nitrogen and oxygen atoms in total. The number of hydrogen-bond acceptors (Lipinski definition) is 5. The van der Waals surface area contributed by atoms with Gasteiger partial charge in [-0.15, -0.1) is 0 Å². The summed E-state index contributed by atoms with van der Waals surface area (Å²) in [5, 5.41) is 7.56. The maximum atomic E-state index is 12.1. The smallest absolute Gasteiger partial charge is 0.227 e. The molecule has 0 fully saturated rings. The van der Waals surface area contributed by atoms with E-state index in [1.165, 1.54) is 0 Å². The van der Waals surface area contributed by atoms with E-state index >= 15 is 0 Å². The highest BCUT2D eigenvalue weighted by molar-refractivity contribution is 6.35. The molecule has 0 spiro atoms. The van der Waals surface area contributed by atoms with Gasteiger partial charge in [-0.3, -0.25) is 4.79 Å². The fourth-order valence-electron chi connectivity index (χ4n) is 2.26. The Hall–Kier alpha value is -2.57. The lowest BCUT2D eigenvalue weighted by Crippen LogP contribution is -2.12. The maximum Gasteiger partial charge on any atom is 0.227 e. The minimum Gasteiger partial charge on any atom is -0.497 e. The normalized spacial score (nSPS) is 10.6. The minimum absolute atomic E-state index is 0.169. The van der Waals surface area contributed by atoms with Gasteiger partial charge in [-0.25, -0.2) is 0 Å². The monoisotopic (exact) mass is 391 g/mol. The molecule has 0 aliphatic carbocycles. The molecule has 8 heteroatoms. The zero-order valence-electron chi connectivity index (χ0n) is 13.8. The molecule has 3 aromatic rings. The molecular formula is C18H15Cl2N3O3. The van der Waals surface area contributed by atoms with Crippen LogP contribution in [-0.2, 0) is 11.2 Å². The van der Waals surface area contributed by atoms with Crippen LogP contribution in [0.4, 0.5) is 5.69 Å². The Morgan fingerprint density at radius 2 is 2.08 bits per heavy atom. The van der Waals surface area contributed by atoms with Crippen molar-refractivity contribution in [2.75, 3.05) is 12.4 Å². The summed E-state index contributed by atoms with van der Waals surface area (Å²) in [6.45, 7) is 0. The molecule has 3 rings (SSSR count). The van der Waals surface area contributed by atoms with Gasteiger partial charge in [0, 0.05) is 23.4 Å². The van der Waals surface area contributed by atoms with Crippen molar-refractivity contribution in [1.29, 1.82) is 0 Å². The van der Waals surface area contributed by atoms with Crippen molar-refractivity contribution < 1.29 is 14.1 Å².